The number of likely N-dealkylation sites (tertiary alicyclic amines) is 1. The molecule has 0 radical (unpaired) electrons. The van der Waals surface area contributed by atoms with Crippen molar-refractivity contribution in [3.8, 4) is 0 Å². The van der Waals surface area contributed by atoms with Crippen molar-refractivity contribution in [1.82, 2.24) is 9.80 Å². The maximum Gasteiger partial charge on any atom is 0.242 e. The van der Waals surface area contributed by atoms with E-state index in [4.69, 9.17) is 0 Å². The second kappa shape index (κ2) is 6.11. The van der Waals surface area contributed by atoms with Gasteiger partial charge in [-0.15, -0.1) is 0 Å². The van der Waals surface area contributed by atoms with Crippen molar-refractivity contribution in [2.75, 3.05) is 31.1 Å². The molecular formula is C13H22N2O4S. The van der Waals surface area contributed by atoms with Crippen molar-refractivity contribution in [3.05, 3.63) is 0 Å². The number of hydrogen-bond acceptors (Lipinski definition) is 4. The number of carbonyl (C=O) groups excluding carboxylic acids is 2. The summed E-state index contributed by atoms with van der Waals surface area (Å²) in [6.07, 6.45) is 3.59. The van der Waals surface area contributed by atoms with Crippen LogP contribution in [0.15, 0.2) is 0 Å². The largest absolute Gasteiger partial charge is 0.341 e. The Kier molecular flexibility index (Phi) is 4.67. The van der Waals surface area contributed by atoms with Gasteiger partial charge in [0.1, 0.15) is 6.54 Å². The molecule has 0 aliphatic carbocycles. The predicted octanol–water partition coefficient (Wildman–Crippen LogP) is 0.0345. The fourth-order valence-corrected chi connectivity index (χ4v) is 4.64. The molecule has 2 rings (SSSR count). The molecule has 114 valence electrons. The minimum absolute atomic E-state index is 0.00944. The van der Waals surface area contributed by atoms with Crippen molar-refractivity contribution in [1.29, 1.82) is 0 Å². The third-order valence-electron chi connectivity index (χ3n) is 4.07. The summed E-state index contributed by atoms with van der Waals surface area (Å²) in [5.41, 5.74) is 0. The van der Waals surface area contributed by atoms with Gasteiger partial charge in [0.2, 0.25) is 11.8 Å². The number of rotatable bonds is 3. The maximum atomic E-state index is 12.2. The lowest BCUT2D eigenvalue weighted by Gasteiger charge is -2.32. The number of hydrogen-bond donors (Lipinski definition) is 0. The molecule has 0 N–H and O–H groups in total. The van der Waals surface area contributed by atoms with Crippen LogP contribution in [0.1, 0.15) is 32.6 Å². The van der Waals surface area contributed by atoms with Crippen LogP contribution in [0.3, 0.4) is 0 Å². The maximum absolute atomic E-state index is 12.2. The molecule has 1 unspecified atom stereocenters. The molecule has 0 spiro atoms. The smallest absolute Gasteiger partial charge is 0.242 e. The summed E-state index contributed by atoms with van der Waals surface area (Å²) in [5, 5.41) is 0. The van der Waals surface area contributed by atoms with Crippen LogP contribution < -0.4 is 0 Å². The summed E-state index contributed by atoms with van der Waals surface area (Å²) in [6, 6.07) is -0.341. The summed E-state index contributed by atoms with van der Waals surface area (Å²) in [7, 11) is -3.05. The van der Waals surface area contributed by atoms with Gasteiger partial charge in [-0.25, -0.2) is 8.42 Å². The standard InChI is InChI=1S/C13H22N2O4S/c1-11(16)15(12-5-8-20(18,19)10-12)9-13(17)14-6-3-2-4-7-14/h12H,2-10H2,1H3. The first-order valence-corrected chi connectivity index (χ1v) is 8.96. The summed E-state index contributed by atoms with van der Waals surface area (Å²) in [4.78, 5) is 27.1. The Bertz CT molecular complexity index is 483. The van der Waals surface area contributed by atoms with Gasteiger partial charge in [0.05, 0.1) is 11.5 Å². The first kappa shape index (κ1) is 15.3. The predicted molar refractivity (Wildman–Crippen MR) is 74.9 cm³/mol. The highest BCUT2D eigenvalue weighted by atomic mass is 32.2. The SMILES string of the molecule is CC(=O)N(CC(=O)N1CCCCC1)C1CCS(=O)(=O)C1. The van der Waals surface area contributed by atoms with E-state index >= 15 is 0 Å². The van der Waals surface area contributed by atoms with Crippen molar-refractivity contribution >= 4 is 21.7 Å². The molecule has 2 fully saturated rings. The molecule has 2 aliphatic rings. The number of nitrogens with zero attached hydrogens (tertiary/aromatic N) is 2. The van der Waals surface area contributed by atoms with Gasteiger partial charge in [0.15, 0.2) is 9.84 Å². The number of amides is 2. The van der Waals surface area contributed by atoms with Gasteiger partial charge in [-0.2, -0.15) is 0 Å². The Hall–Kier alpha value is -1.11. The summed E-state index contributed by atoms with van der Waals surface area (Å²) < 4.78 is 23.0. The van der Waals surface area contributed by atoms with E-state index in [0.717, 1.165) is 32.4 Å². The summed E-state index contributed by atoms with van der Waals surface area (Å²) >= 11 is 0. The third-order valence-corrected chi connectivity index (χ3v) is 5.82. The molecule has 2 saturated heterocycles. The van der Waals surface area contributed by atoms with E-state index in [1.54, 1.807) is 4.90 Å². The fraction of sp³-hybridized carbons (Fsp3) is 0.846. The van der Waals surface area contributed by atoms with E-state index in [1.807, 2.05) is 0 Å². The molecule has 7 heteroatoms. The molecule has 6 nitrogen and oxygen atoms in total. The molecular weight excluding hydrogens is 280 g/mol. The van der Waals surface area contributed by atoms with E-state index in [9.17, 15) is 18.0 Å². The van der Waals surface area contributed by atoms with Gasteiger partial charge in [-0.3, -0.25) is 9.59 Å². The van der Waals surface area contributed by atoms with Crippen molar-refractivity contribution in [3.63, 3.8) is 0 Å². The monoisotopic (exact) mass is 302 g/mol. The molecule has 2 aliphatic heterocycles. The lowest BCUT2D eigenvalue weighted by Crippen LogP contribution is -2.48. The van der Waals surface area contributed by atoms with E-state index in [-0.39, 0.29) is 35.9 Å². The average Bonchev–Trinajstić information content (AvgIpc) is 2.76. The zero-order valence-corrected chi connectivity index (χ0v) is 12.7. The number of carbonyl (C=O) groups is 2. The van der Waals surface area contributed by atoms with Gasteiger partial charge in [0.25, 0.3) is 0 Å². The zero-order chi connectivity index (χ0) is 14.8. The Morgan fingerprint density at radius 3 is 2.35 bits per heavy atom. The van der Waals surface area contributed by atoms with Crippen molar-refractivity contribution < 1.29 is 18.0 Å². The minimum atomic E-state index is -3.05. The van der Waals surface area contributed by atoms with E-state index < -0.39 is 9.84 Å². The Morgan fingerprint density at radius 2 is 1.85 bits per heavy atom. The highest BCUT2D eigenvalue weighted by molar-refractivity contribution is 7.91. The van der Waals surface area contributed by atoms with Crippen LogP contribution in [0.4, 0.5) is 0 Å². The van der Waals surface area contributed by atoms with Crippen LogP contribution in [0, 0.1) is 0 Å². The summed E-state index contributed by atoms with van der Waals surface area (Å²) in [5.74, 6) is -0.194. The molecule has 2 heterocycles. The van der Waals surface area contributed by atoms with Crippen LogP contribution in [0.5, 0.6) is 0 Å². The first-order valence-electron chi connectivity index (χ1n) is 7.14. The molecule has 0 aromatic rings. The third kappa shape index (κ3) is 3.71. The van der Waals surface area contributed by atoms with Gasteiger partial charge in [0, 0.05) is 26.1 Å². The molecule has 0 aromatic carbocycles. The molecule has 0 aromatic heterocycles. The normalized spacial score (nSPS) is 25.4. The van der Waals surface area contributed by atoms with Crippen LogP contribution in [-0.2, 0) is 19.4 Å². The van der Waals surface area contributed by atoms with Crippen molar-refractivity contribution in [2.24, 2.45) is 0 Å². The van der Waals surface area contributed by atoms with E-state index in [0.29, 0.717) is 6.42 Å². The van der Waals surface area contributed by atoms with E-state index in [1.165, 1.54) is 11.8 Å². The number of piperidine rings is 1. The molecule has 20 heavy (non-hydrogen) atoms. The minimum Gasteiger partial charge on any atom is -0.341 e. The van der Waals surface area contributed by atoms with Gasteiger partial charge < -0.3 is 9.80 Å². The Morgan fingerprint density at radius 1 is 1.20 bits per heavy atom. The van der Waals surface area contributed by atoms with Gasteiger partial charge in [-0.1, -0.05) is 0 Å². The quantitative estimate of drug-likeness (QED) is 0.737. The molecule has 1 atom stereocenters. The van der Waals surface area contributed by atoms with Gasteiger partial charge >= 0.3 is 0 Å². The van der Waals surface area contributed by atoms with Gasteiger partial charge in [-0.05, 0) is 25.7 Å². The average molecular weight is 302 g/mol. The van der Waals surface area contributed by atoms with Crippen LogP contribution in [0.25, 0.3) is 0 Å². The lowest BCUT2D eigenvalue weighted by molar-refractivity contribution is -0.141. The Labute approximate surface area is 120 Å². The topological polar surface area (TPSA) is 74.8 Å². The number of sulfone groups is 1. The Balaban J connectivity index is 1.99. The van der Waals surface area contributed by atoms with E-state index in [2.05, 4.69) is 0 Å². The highest BCUT2D eigenvalue weighted by Crippen LogP contribution is 2.18. The first-order chi connectivity index (χ1) is 9.39. The fourth-order valence-electron chi connectivity index (χ4n) is 2.91. The molecule has 2 amide bonds. The molecule has 0 saturated carbocycles. The van der Waals surface area contributed by atoms with Crippen LogP contribution in [0.2, 0.25) is 0 Å². The zero-order valence-electron chi connectivity index (χ0n) is 11.9. The van der Waals surface area contributed by atoms with Crippen LogP contribution >= 0.6 is 0 Å². The summed E-state index contributed by atoms with van der Waals surface area (Å²) in [6.45, 7) is 2.89. The molecule has 0 bridgehead atoms. The van der Waals surface area contributed by atoms with Crippen molar-refractivity contribution in [2.45, 2.75) is 38.6 Å². The lowest BCUT2D eigenvalue weighted by atomic mass is 10.1. The highest BCUT2D eigenvalue weighted by Gasteiger charge is 2.35. The van der Waals surface area contributed by atoms with Crippen LogP contribution in [-0.4, -0.2) is 67.2 Å². The second-order valence-corrected chi connectivity index (χ2v) is 7.87. The second-order valence-electron chi connectivity index (χ2n) is 5.65.